The Kier molecular flexibility index (Phi) is 7.28. The fourth-order valence-corrected chi connectivity index (χ4v) is 8.30. The van der Waals surface area contributed by atoms with E-state index in [0.29, 0.717) is 16.9 Å². The summed E-state index contributed by atoms with van der Waals surface area (Å²) in [5.74, 6) is 2.91. The summed E-state index contributed by atoms with van der Waals surface area (Å²) in [5.41, 5.74) is 2.41. The van der Waals surface area contributed by atoms with Crippen LogP contribution < -0.4 is 0 Å². The number of carbonyl (C=O) groups is 1. The zero-order valence-corrected chi connectivity index (χ0v) is 24.0. The third kappa shape index (κ3) is 5.10. The molecule has 4 bridgehead atoms. The van der Waals surface area contributed by atoms with Crippen LogP contribution in [-0.4, -0.2) is 11.6 Å². The summed E-state index contributed by atoms with van der Waals surface area (Å²) in [5, 5.41) is 0. The molecule has 0 radical (unpaired) electrons. The van der Waals surface area contributed by atoms with Gasteiger partial charge in [-0.05, 0) is 111 Å². The molecule has 4 saturated carbocycles. The highest BCUT2D eigenvalue weighted by atomic mass is 16.6. The van der Waals surface area contributed by atoms with Gasteiger partial charge in [0.25, 0.3) is 0 Å². The van der Waals surface area contributed by atoms with Crippen molar-refractivity contribution in [1.82, 2.24) is 0 Å². The van der Waals surface area contributed by atoms with Crippen molar-refractivity contribution < 1.29 is 9.53 Å². The van der Waals surface area contributed by atoms with Crippen molar-refractivity contribution in [3.8, 4) is 0 Å². The molecule has 0 spiro atoms. The summed E-state index contributed by atoms with van der Waals surface area (Å²) in [4.78, 5) is 13.4. The van der Waals surface area contributed by atoms with Gasteiger partial charge in [0.1, 0.15) is 5.60 Å². The highest BCUT2D eigenvalue weighted by Gasteiger charge is 2.58. The lowest BCUT2D eigenvalue weighted by Crippen LogP contribution is -2.57. The van der Waals surface area contributed by atoms with E-state index in [1.165, 1.54) is 56.9 Å². The monoisotopic (exact) mass is 480 g/mol. The lowest BCUT2D eigenvalue weighted by molar-refractivity contribution is -0.164. The van der Waals surface area contributed by atoms with E-state index < -0.39 is 5.60 Å². The van der Waals surface area contributed by atoms with E-state index in [4.69, 9.17) is 4.74 Å². The molecule has 5 rings (SSSR count). The quantitative estimate of drug-likeness (QED) is 0.312. The van der Waals surface area contributed by atoms with Crippen LogP contribution in [0.25, 0.3) is 0 Å². The number of rotatable bonds is 10. The van der Waals surface area contributed by atoms with Crippen LogP contribution in [0.5, 0.6) is 0 Å². The number of ether oxygens (including phenoxy) is 1. The predicted molar refractivity (Wildman–Crippen MR) is 147 cm³/mol. The number of benzene rings is 1. The third-order valence-corrected chi connectivity index (χ3v) is 11.4. The van der Waals surface area contributed by atoms with Gasteiger partial charge >= 0.3 is 5.97 Å². The molecule has 4 fully saturated rings. The maximum absolute atomic E-state index is 13.4. The minimum absolute atomic E-state index is 0.142. The van der Waals surface area contributed by atoms with Crippen molar-refractivity contribution in [2.24, 2.45) is 34.0 Å². The standard InChI is InChI=1S/C33H52O2/c1-9-30(4,5)22-28(32(8,10-2)11-3)26-12-14-27(15-13-26)29(34)35-31(6,7)33-19-23-16-24(20-33)18-25(17-23)21-33/h12-15,23-25,28H,9-11,16-22H2,1-8H3. The molecule has 1 aromatic carbocycles. The fourth-order valence-electron chi connectivity index (χ4n) is 8.30. The zero-order valence-electron chi connectivity index (χ0n) is 24.0. The molecule has 4 aliphatic rings. The molecule has 4 aliphatic carbocycles. The summed E-state index contributed by atoms with van der Waals surface area (Å²) < 4.78 is 6.38. The number of carbonyl (C=O) groups excluding carboxylic acids is 1. The minimum Gasteiger partial charge on any atom is -0.455 e. The maximum atomic E-state index is 13.4. The van der Waals surface area contributed by atoms with E-state index in [2.05, 4.69) is 67.5 Å². The summed E-state index contributed by atoms with van der Waals surface area (Å²) in [6.07, 6.45) is 12.7. The van der Waals surface area contributed by atoms with Crippen LogP contribution in [0.3, 0.4) is 0 Å². The number of hydrogen-bond acceptors (Lipinski definition) is 2. The fraction of sp³-hybridized carbons (Fsp3) is 0.788. The molecule has 0 heterocycles. The van der Waals surface area contributed by atoms with Gasteiger partial charge in [-0.3, -0.25) is 0 Å². The van der Waals surface area contributed by atoms with E-state index in [0.717, 1.165) is 30.6 Å². The van der Waals surface area contributed by atoms with Crippen molar-refractivity contribution in [2.75, 3.05) is 0 Å². The Bertz CT molecular complexity index is 851. The smallest absolute Gasteiger partial charge is 0.338 e. The summed E-state index contributed by atoms with van der Waals surface area (Å²) in [6, 6.07) is 8.50. The first-order valence-corrected chi connectivity index (χ1v) is 14.7. The van der Waals surface area contributed by atoms with Crippen LogP contribution in [0, 0.1) is 34.0 Å². The first kappa shape index (κ1) is 26.7. The molecule has 0 amide bonds. The first-order valence-electron chi connectivity index (χ1n) is 14.7. The van der Waals surface area contributed by atoms with E-state index in [-0.39, 0.29) is 16.8 Å². The van der Waals surface area contributed by atoms with E-state index >= 15 is 0 Å². The number of hydrogen-bond donors (Lipinski definition) is 0. The van der Waals surface area contributed by atoms with Gasteiger partial charge in [-0.15, -0.1) is 0 Å². The molecule has 0 N–H and O–H groups in total. The Morgan fingerprint density at radius 1 is 0.857 bits per heavy atom. The molecule has 1 atom stereocenters. The van der Waals surface area contributed by atoms with Gasteiger partial charge in [0, 0.05) is 5.41 Å². The lowest BCUT2D eigenvalue weighted by atomic mass is 9.46. The van der Waals surface area contributed by atoms with Gasteiger partial charge in [-0.1, -0.05) is 72.9 Å². The second-order valence-corrected chi connectivity index (χ2v) is 14.4. The van der Waals surface area contributed by atoms with E-state index in [1.54, 1.807) is 0 Å². The molecule has 2 nitrogen and oxygen atoms in total. The second kappa shape index (κ2) is 9.53. The van der Waals surface area contributed by atoms with Crippen molar-refractivity contribution >= 4 is 5.97 Å². The molecule has 1 aromatic rings. The Balaban J connectivity index is 1.52. The first-order chi connectivity index (χ1) is 16.4. The Morgan fingerprint density at radius 2 is 1.34 bits per heavy atom. The van der Waals surface area contributed by atoms with Crippen LogP contribution in [0.4, 0.5) is 0 Å². The van der Waals surface area contributed by atoms with Crippen molar-refractivity contribution in [3.05, 3.63) is 35.4 Å². The summed E-state index contributed by atoms with van der Waals surface area (Å²) >= 11 is 0. The van der Waals surface area contributed by atoms with E-state index in [9.17, 15) is 4.79 Å². The second-order valence-electron chi connectivity index (χ2n) is 14.4. The molecular formula is C33H52O2. The van der Waals surface area contributed by atoms with Gasteiger partial charge in [-0.25, -0.2) is 4.79 Å². The SMILES string of the molecule is CCC(C)(C)CC(c1ccc(C(=O)OC(C)(C)C23CC4CC(CC(C4)C2)C3)cc1)C(C)(CC)CC. The lowest BCUT2D eigenvalue weighted by Gasteiger charge is -2.61. The van der Waals surface area contributed by atoms with Crippen LogP contribution in [0.15, 0.2) is 24.3 Å². The zero-order chi connectivity index (χ0) is 25.6. The van der Waals surface area contributed by atoms with Gasteiger partial charge in [0.15, 0.2) is 0 Å². The molecule has 0 aromatic heterocycles. The van der Waals surface area contributed by atoms with Gasteiger partial charge < -0.3 is 4.74 Å². The van der Waals surface area contributed by atoms with Crippen LogP contribution in [0.2, 0.25) is 0 Å². The maximum Gasteiger partial charge on any atom is 0.338 e. The average Bonchev–Trinajstić information content (AvgIpc) is 2.81. The predicted octanol–water partition coefficient (Wildman–Crippen LogP) is 9.57. The Hall–Kier alpha value is -1.31. The molecular weight excluding hydrogens is 428 g/mol. The van der Waals surface area contributed by atoms with Gasteiger partial charge in [0.2, 0.25) is 0 Å². The molecule has 2 heteroatoms. The highest BCUT2D eigenvalue weighted by Crippen LogP contribution is 2.64. The topological polar surface area (TPSA) is 26.3 Å². The third-order valence-electron chi connectivity index (χ3n) is 11.4. The largest absolute Gasteiger partial charge is 0.455 e. The molecule has 1 unspecified atom stereocenters. The van der Waals surface area contributed by atoms with Crippen molar-refractivity contribution in [3.63, 3.8) is 0 Å². The van der Waals surface area contributed by atoms with Crippen LogP contribution in [-0.2, 0) is 4.74 Å². The molecule has 35 heavy (non-hydrogen) atoms. The normalized spacial score (nSPS) is 29.3. The molecule has 0 saturated heterocycles. The van der Waals surface area contributed by atoms with Crippen LogP contribution in [0.1, 0.15) is 141 Å². The van der Waals surface area contributed by atoms with Crippen molar-refractivity contribution in [2.45, 2.75) is 131 Å². The number of esters is 1. The summed E-state index contributed by atoms with van der Waals surface area (Å²) in [6.45, 7) is 18.6. The van der Waals surface area contributed by atoms with Gasteiger partial charge in [-0.2, -0.15) is 0 Å². The average molecular weight is 481 g/mol. The molecule has 196 valence electrons. The van der Waals surface area contributed by atoms with Crippen LogP contribution >= 0.6 is 0 Å². The molecule has 0 aliphatic heterocycles. The highest BCUT2D eigenvalue weighted by molar-refractivity contribution is 5.89. The Morgan fingerprint density at radius 3 is 1.77 bits per heavy atom. The van der Waals surface area contributed by atoms with Crippen molar-refractivity contribution in [1.29, 1.82) is 0 Å². The van der Waals surface area contributed by atoms with Gasteiger partial charge in [0.05, 0.1) is 5.56 Å². The summed E-state index contributed by atoms with van der Waals surface area (Å²) in [7, 11) is 0. The van der Waals surface area contributed by atoms with E-state index in [1.807, 2.05) is 12.1 Å². The Labute approximate surface area is 216 Å². The minimum atomic E-state index is -0.407.